The van der Waals surface area contributed by atoms with E-state index in [2.05, 4.69) is 20.6 Å². The van der Waals surface area contributed by atoms with E-state index in [0.29, 0.717) is 11.6 Å². The molecule has 0 bridgehead atoms. The number of amides is 1. The molecule has 0 spiro atoms. The number of para-hydroxylation sites is 2. The van der Waals surface area contributed by atoms with E-state index in [0.717, 1.165) is 11.3 Å². The third kappa shape index (κ3) is 4.32. The third-order valence-electron chi connectivity index (χ3n) is 3.64. The van der Waals surface area contributed by atoms with Crippen LogP contribution in [0.2, 0.25) is 0 Å². The summed E-state index contributed by atoms with van der Waals surface area (Å²) >= 11 is 0. The lowest BCUT2D eigenvalue weighted by Crippen LogP contribution is -2.24. The molecule has 0 saturated carbocycles. The van der Waals surface area contributed by atoms with Gasteiger partial charge in [-0.3, -0.25) is 4.79 Å². The van der Waals surface area contributed by atoms with Crippen LogP contribution in [-0.4, -0.2) is 23.0 Å². The minimum Gasteiger partial charge on any atom is -0.495 e. The number of aromatic nitrogens is 2. The Bertz CT molecular complexity index is 900. The number of anilines is 2. The van der Waals surface area contributed by atoms with Gasteiger partial charge < -0.3 is 15.4 Å². The molecule has 0 unspecified atom stereocenters. The molecule has 2 N–H and O–H groups in total. The first kappa shape index (κ1) is 17.3. The molecule has 1 aromatic heterocycles. The maximum atomic E-state index is 12.9. The fourth-order valence-corrected chi connectivity index (χ4v) is 2.31. The molecule has 0 radical (unpaired) electrons. The average molecular weight is 352 g/mol. The van der Waals surface area contributed by atoms with Gasteiger partial charge in [-0.05, 0) is 29.8 Å². The van der Waals surface area contributed by atoms with E-state index in [4.69, 9.17) is 4.74 Å². The SMILES string of the molecule is COc1ccccc1Nc1cc(C(=O)NCc2ccc(F)cc2)ncn1. The smallest absolute Gasteiger partial charge is 0.270 e. The number of methoxy groups -OCH3 is 1. The zero-order valence-electron chi connectivity index (χ0n) is 14.1. The standard InChI is InChI=1S/C19H17FN4O2/c1-26-17-5-3-2-4-15(17)24-18-10-16(22-12-23-18)19(25)21-11-13-6-8-14(20)9-7-13/h2-10,12H,11H2,1H3,(H,21,25)(H,22,23,24). The number of nitrogens with zero attached hydrogens (tertiary/aromatic N) is 2. The molecule has 2 aromatic carbocycles. The molecule has 6 nitrogen and oxygen atoms in total. The molecule has 0 aliphatic heterocycles. The number of hydrogen-bond donors (Lipinski definition) is 2. The first-order valence-electron chi connectivity index (χ1n) is 7.90. The maximum Gasteiger partial charge on any atom is 0.270 e. The predicted octanol–water partition coefficient (Wildman–Crippen LogP) is 3.30. The Morgan fingerprint density at radius 3 is 2.65 bits per heavy atom. The Morgan fingerprint density at radius 1 is 1.12 bits per heavy atom. The fraction of sp³-hybridized carbons (Fsp3) is 0.105. The number of benzene rings is 2. The van der Waals surface area contributed by atoms with E-state index >= 15 is 0 Å². The number of halogens is 1. The van der Waals surface area contributed by atoms with Gasteiger partial charge in [0.1, 0.15) is 29.4 Å². The van der Waals surface area contributed by atoms with Gasteiger partial charge in [-0.15, -0.1) is 0 Å². The number of carbonyl (C=O) groups is 1. The van der Waals surface area contributed by atoms with Crippen molar-refractivity contribution in [2.24, 2.45) is 0 Å². The predicted molar refractivity (Wildman–Crippen MR) is 95.9 cm³/mol. The summed E-state index contributed by atoms with van der Waals surface area (Å²) in [7, 11) is 1.58. The zero-order valence-corrected chi connectivity index (χ0v) is 14.1. The van der Waals surface area contributed by atoms with Crippen LogP contribution in [0.15, 0.2) is 60.9 Å². The number of hydrogen-bond acceptors (Lipinski definition) is 5. The molecular weight excluding hydrogens is 335 g/mol. The van der Waals surface area contributed by atoms with Crippen molar-refractivity contribution in [3.63, 3.8) is 0 Å². The van der Waals surface area contributed by atoms with Crippen LogP contribution in [0.1, 0.15) is 16.1 Å². The van der Waals surface area contributed by atoms with Crippen LogP contribution in [0.5, 0.6) is 5.75 Å². The lowest BCUT2D eigenvalue weighted by molar-refractivity contribution is 0.0946. The second-order valence-corrected chi connectivity index (χ2v) is 5.42. The summed E-state index contributed by atoms with van der Waals surface area (Å²) in [6.07, 6.45) is 1.31. The van der Waals surface area contributed by atoms with Crippen molar-refractivity contribution in [1.82, 2.24) is 15.3 Å². The second-order valence-electron chi connectivity index (χ2n) is 5.42. The van der Waals surface area contributed by atoms with Gasteiger partial charge in [-0.1, -0.05) is 24.3 Å². The first-order chi connectivity index (χ1) is 12.7. The zero-order chi connectivity index (χ0) is 18.4. The molecule has 132 valence electrons. The van der Waals surface area contributed by atoms with Crippen LogP contribution in [0, 0.1) is 5.82 Å². The van der Waals surface area contributed by atoms with Crippen molar-refractivity contribution < 1.29 is 13.9 Å². The first-order valence-corrected chi connectivity index (χ1v) is 7.90. The van der Waals surface area contributed by atoms with Gasteiger partial charge in [0.25, 0.3) is 5.91 Å². The Balaban J connectivity index is 1.68. The number of rotatable bonds is 6. The Morgan fingerprint density at radius 2 is 1.88 bits per heavy atom. The minimum absolute atomic E-state index is 0.222. The topological polar surface area (TPSA) is 76.1 Å². The quantitative estimate of drug-likeness (QED) is 0.712. The summed E-state index contributed by atoms with van der Waals surface area (Å²) < 4.78 is 18.2. The highest BCUT2D eigenvalue weighted by Gasteiger charge is 2.10. The lowest BCUT2D eigenvalue weighted by Gasteiger charge is -2.11. The van der Waals surface area contributed by atoms with Crippen molar-refractivity contribution in [3.05, 3.63) is 78.0 Å². The molecule has 1 amide bonds. The van der Waals surface area contributed by atoms with E-state index in [9.17, 15) is 9.18 Å². The largest absolute Gasteiger partial charge is 0.495 e. The molecule has 0 aliphatic rings. The van der Waals surface area contributed by atoms with Crippen LogP contribution in [0.4, 0.5) is 15.9 Å². The van der Waals surface area contributed by atoms with Crippen LogP contribution >= 0.6 is 0 Å². The highest BCUT2D eigenvalue weighted by molar-refractivity contribution is 5.93. The molecule has 0 saturated heterocycles. The van der Waals surface area contributed by atoms with Crippen LogP contribution in [0.25, 0.3) is 0 Å². The Hall–Kier alpha value is -3.48. The maximum absolute atomic E-state index is 12.9. The molecule has 3 aromatic rings. The minimum atomic E-state index is -0.347. The van der Waals surface area contributed by atoms with Gasteiger partial charge in [-0.25, -0.2) is 14.4 Å². The molecule has 3 rings (SSSR count). The molecule has 0 aliphatic carbocycles. The van der Waals surface area contributed by atoms with Crippen molar-refractivity contribution in [1.29, 1.82) is 0 Å². The summed E-state index contributed by atoms with van der Waals surface area (Å²) in [5, 5.41) is 5.85. The molecule has 26 heavy (non-hydrogen) atoms. The van der Waals surface area contributed by atoms with Gasteiger partial charge in [0.15, 0.2) is 0 Å². The summed E-state index contributed by atoms with van der Waals surface area (Å²) in [4.78, 5) is 20.4. The van der Waals surface area contributed by atoms with Crippen molar-refractivity contribution in [2.45, 2.75) is 6.54 Å². The van der Waals surface area contributed by atoms with E-state index in [1.54, 1.807) is 25.3 Å². The molecule has 1 heterocycles. The summed E-state index contributed by atoms with van der Waals surface area (Å²) in [5.41, 5.74) is 1.74. The molecule has 0 atom stereocenters. The fourth-order valence-electron chi connectivity index (χ4n) is 2.31. The normalized spacial score (nSPS) is 10.2. The van der Waals surface area contributed by atoms with Crippen molar-refractivity contribution >= 4 is 17.4 Å². The van der Waals surface area contributed by atoms with Gasteiger partial charge in [0.2, 0.25) is 0 Å². The molecule has 7 heteroatoms. The highest BCUT2D eigenvalue weighted by Crippen LogP contribution is 2.26. The lowest BCUT2D eigenvalue weighted by atomic mass is 10.2. The van der Waals surface area contributed by atoms with Crippen LogP contribution in [0.3, 0.4) is 0 Å². The van der Waals surface area contributed by atoms with Gasteiger partial charge >= 0.3 is 0 Å². The molecule has 0 fully saturated rings. The van der Waals surface area contributed by atoms with Crippen LogP contribution < -0.4 is 15.4 Å². The van der Waals surface area contributed by atoms with Crippen molar-refractivity contribution in [2.75, 3.05) is 12.4 Å². The van der Waals surface area contributed by atoms with Crippen LogP contribution in [-0.2, 0) is 6.54 Å². The van der Waals surface area contributed by atoms with Gasteiger partial charge in [-0.2, -0.15) is 0 Å². The van der Waals surface area contributed by atoms with Gasteiger partial charge in [0, 0.05) is 12.6 Å². The van der Waals surface area contributed by atoms with E-state index < -0.39 is 0 Å². The number of carbonyl (C=O) groups excluding carboxylic acids is 1. The van der Waals surface area contributed by atoms with Crippen molar-refractivity contribution in [3.8, 4) is 5.75 Å². The monoisotopic (exact) mass is 352 g/mol. The van der Waals surface area contributed by atoms with Gasteiger partial charge in [0.05, 0.1) is 12.8 Å². The Labute approximate surface area is 150 Å². The highest BCUT2D eigenvalue weighted by atomic mass is 19.1. The second kappa shape index (κ2) is 8.06. The van der Waals surface area contributed by atoms with E-state index in [1.165, 1.54) is 18.5 Å². The van der Waals surface area contributed by atoms with E-state index in [-0.39, 0.29) is 24.0 Å². The number of nitrogens with one attached hydrogen (secondary N) is 2. The third-order valence-corrected chi connectivity index (χ3v) is 3.64. The summed E-state index contributed by atoms with van der Waals surface area (Å²) in [5.74, 6) is 0.465. The summed E-state index contributed by atoms with van der Waals surface area (Å²) in [6.45, 7) is 0.276. The average Bonchev–Trinajstić information content (AvgIpc) is 2.68. The molecular formula is C19H17FN4O2. The van der Waals surface area contributed by atoms with E-state index in [1.807, 2.05) is 24.3 Å². The number of ether oxygens (including phenoxy) is 1. The summed E-state index contributed by atoms with van der Waals surface area (Å²) in [6, 6.07) is 14.9. The Kier molecular flexibility index (Phi) is 5.38.